The van der Waals surface area contributed by atoms with Crippen LogP contribution in [0.15, 0.2) is 34.1 Å². The van der Waals surface area contributed by atoms with Gasteiger partial charge in [0.15, 0.2) is 0 Å². The van der Waals surface area contributed by atoms with Crippen LogP contribution in [0.3, 0.4) is 0 Å². The molecule has 23 heavy (non-hydrogen) atoms. The summed E-state index contributed by atoms with van der Waals surface area (Å²) in [6.07, 6.45) is 0.887. The van der Waals surface area contributed by atoms with E-state index in [0.29, 0.717) is 17.9 Å². The lowest BCUT2D eigenvalue weighted by molar-refractivity contribution is 0.0952. The van der Waals surface area contributed by atoms with Gasteiger partial charge in [0.05, 0.1) is 12.7 Å². The van der Waals surface area contributed by atoms with Crippen LogP contribution in [0, 0.1) is 6.92 Å². The second-order valence-corrected chi connectivity index (χ2v) is 7.01. The number of hydrogen-bond donors (Lipinski definition) is 2. The molecule has 2 N–H and O–H groups in total. The van der Waals surface area contributed by atoms with Crippen molar-refractivity contribution in [1.82, 2.24) is 10.6 Å². The molecule has 0 saturated heterocycles. The van der Waals surface area contributed by atoms with Crippen molar-refractivity contribution in [3.05, 3.63) is 50.1 Å². The number of amides is 1. The molecule has 1 aromatic heterocycles. The number of carbonyl (C=O) groups excluding carboxylic acids is 1. The number of methoxy groups -OCH3 is 1. The summed E-state index contributed by atoms with van der Waals surface area (Å²) in [5, 5.41) is 8.45. The monoisotopic (exact) mass is 396 g/mol. The standard InChI is InChI=1S/C17H21BrN2O2S/c1-12-6-9-23-16(12)11-19-7-3-8-20-17(21)14-10-13(22-2)4-5-15(14)18/h4-6,9-10,19H,3,7-8,11H2,1-2H3,(H,20,21). The lowest BCUT2D eigenvalue weighted by Gasteiger charge is -2.09. The highest BCUT2D eigenvalue weighted by Crippen LogP contribution is 2.22. The van der Waals surface area contributed by atoms with Gasteiger partial charge in [0, 0.05) is 22.4 Å². The number of halogens is 1. The van der Waals surface area contributed by atoms with Gasteiger partial charge in [-0.25, -0.2) is 0 Å². The van der Waals surface area contributed by atoms with Gasteiger partial charge in [-0.05, 0) is 71.0 Å². The minimum Gasteiger partial charge on any atom is -0.497 e. The molecule has 0 saturated carbocycles. The third kappa shape index (κ3) is 5.34. The summed E-state index contributed by atoms with van der Waals surface area (Å²) in [6, 6.07) is 7.50. The van der Waals surface area contributed by atoms with Crippen LogP contribution >= 0.6 is 27.3 Å². The first kappa shape index (κ1) is 18.0. The molecular formula is C17H21BrN2O2S. The Bertz CT molecular complexity index is 658. The molecule has 0 aliphatic carbocycles. The zero-order valence-corrected chi connectivity index (χ0v) is 15.7. The normalized spacial score (nSPS) is 10.6. The second kappa shape index (κ2) is 9.05. The lowest BCUT2D eigenvalue weighted by Crippen LogP contribution is -2.27. The molecule has 0 aliphatic heterocycles. The van der Waals surface area contributed by atoms with E-state index in [2.05, 4.69) is 44.9 Å². The molecule has 1 amide bonds. The summed E-state index contributed by atoms with van der Waals surface area (Å²) in [5.74, 6) is 0.580. The number of aryl methyl sites for hydroxylation is 1. The van der Waals surface area contributed by atoms with E-state index in [0.717, 1.165) is 24.0 Å². The predicted octanol–water partition coefficient (Wildman–Crippen LogP) is 3.74. The first-order valence-corrected chi connectivity index (χ1v) is 9.14. The van der Waals surface area contributed by atoms with E-state index >= 15 is 0 Å². The van der Waals surface area contributed by atoms with Crippen LogP contribution in [-0.2, 0) is 6.54 Å². The van der Waals surface area contributed by atoms with Crippen molar-refractivity contribution in [2.24, 2.45) is 0 Å². The zero-order chi connectivity index (χ0) is 16.7. The van der Waals surface area contributed by atoms with Crippen LogP contribution in [0.5, 0.6) is 5.75 Å². The maximum absolute atomic E-state index is 12.2. The van der Waals surface area contributed by atoms with Crippen molar-refractivity contribution in [3.63, 3.8) is 0 Å². The highest BCUT2D eigenvalue weighted by Gasteiger charge is 2.10. The Kier molecular flexibility index (Phi) is 7.08. The van der Waals surface area contributed by atoms with Gasteiger partial charge in [-0.2, -0.15) is 0 Å². The van der Waals surface area contributed by atoms with Gasteiger partial charge < -0.3 is 15.4 Å². The van der Waals surface area contributed by atoms with E-state index in [-0.39, 0.29) is 5.91 Å². The molecule has 4 nitrogen and oxygen atoms in total. The fourth-order valence-electron chi connectivity index (χ4n) is 2.10. The number of carbonyl (C=O) groups is 1. The summed E-state index contributed by atoms with van der Waals surface area (Å²) in [4.78, 5) is 13.6. The van der Waals surface area contributed by atoms with Gasteiger partial charge in [-0.1, -0.05) is 0 Å². The molecule has 2 aromatic rings. The molecule has 0 unspecified atom stereocenters. The first-order chi connectivity index (χ1) is 11.1. The predicted molar refractivity (Wildman–Crippen MR) is 98.4 cm³/mol. The van der Waals surface area contributed by atoms with E-state index in [1.165, 1.54) is 10.4 Å². The molecule has 1 aromatic carbocycles. The van der Waals surface area contributed by atoms with E-state index in [1.807, 2.05) is 12.1 Å². The third-order valence-corrected chi connectivity index (χ3v) is 5.20. The molecule has 0 fully saturated rings. The van der Waals surface area contributed by atoms with Crippen LogP contribution in [0.4, 0.5) is 0 Å². The molecular weight excluding hydrogens is 376 g/mol. The number of rotatable bonds is 8. The average molecular weight is 397 g/mol. The van der Waals surface area contributed by atoms with Gasteiger partial charge >= 0.3 is 0 Å². The van der Waals surface area contributed by atoms with Crippen molar-refractivity contribution < 1.29 is 9.53 Å². The minimum absolute atomic E-state index is 0.0927. The maximum Gasteiger partial charge on any atom is 0.252 e. The molecule has 0 atom stereocenters. The topological polar surface area (TPSA) is 50.4 Å². The summed E-state index contributed by atoms with van der Waals surface area (Å²) >= 11 is 5.17. The Labute approximate surface area is 149 Å². The first-order valence-electron chi connectivity index (χ1n) is 7.47. The van der Waals surface area contributed by atoms with Gasteiger partial charge in [-0.15, -0.1) is 11.3 Å². The largest absolute Gasteiger partial charge is 0.497 e. The Hall–Kier alpha value is -1.37. The summed E-state index contributed by atoms with van der Waals surface area (Å²) < 4.78 is 5.92. The number of hydrogen-bond acceptors (Lipinski definition) is 4. The zero-order valence-electron chi connectivity index (χ0n) is 13.3. The van der Waals surface area contributed by atoms with E-state index in [9.17, 15) is 4.79 Å². The molecule has 6 heteroatoms. The fourth-order valence-corrected chi connectivity index (χ4v) is 3.41. The molecule has 0 radical (unpaired) electrons. The van der Waals surface area contributed by atoms with Gasteiger partial charge in [0.1, 0.15) is 5.75 Å². The van der Waals surface area contributed by atoms with Crippen LogP contribution in [0.1, 0.15) is 27.2 Å². The highest BCUT2D eigenvalue weighted by molar-refractivity contribution is 9.10. The minimum atomic E-state index is -0.0927. The Morgan fingerprint density at radius 2 is 2.13 bits per heavy atom. The molecule has 124 valence electrons. The van der Waals surface area contributed by atoms with Gasteiger partial charge in [-0.3, -0.25) is 4.79 Å². The van der Waals surface area contributed by atoms with E-state index < -0.39 is 0 Å². The van der Waals surface area contributed by atoms with Crippen molar-refractivity contribution in [2.75, 3.05) is 20.2 Å². The van der Waals surface area contributed by atoms with Crippen LogP contribution < -0.4 is 15.4 Å². The SMILES string of the molecule is COc1ccc(Br)c(C(=O)NCCCNCc2sccc2C)c1. The molecule has 2 rings (SSSR count). The molecule has 0 spiro atoms. The second-order valence-electron chi connectivity index (χ2n) is 5.16. The molecule has 0 aliphatic rings. The van der Waals surface area contributed by atoms with Crippen molar-refractivity contribution in [1.29, 1.82) is 0 Å². The van der Waals surface area contributed by atoms with Crippen LogP contribution in [0.2, 0.25) is 0 Å². The lowest BCUT2D eigenvalue weighted by atomic mass is 10.2. The van der Waals surface area contributed by atoms with Gasteiger partial charge in [0.2, 0.25) is 0 Å². The third-order valence-electron chi connectivity index (χ3n) is 3.49. The Morgan fingerprint density at radius 1 is 1.30 bits per heavy atom. The smallest absolute Gasteiger partial charge is 0.252 e. The van der Waals surface area contributed by atoms with Crippen LogP contribution in [0.25, 0.3) is 0 Å². The molecule has 0 bridgehead atoms. The number of ether oxygens (including phenoxy) is 1. The highest BCUT2D eigenvalue weighted by atomic mass is 79.9. The Balaban J connectivity index is 1.70. The van der Waals surface area contributed by atoms with E-state index in [1.54, 1.807) is 24.5 Å². The summed E-state index contributed by atoms with van der Waals surface area (Å²) in [5.41, 5.74) is 1.92. The number of thiophene rings is 1. The van der Waals surface area contributed by atoms with Crippen molar-refractivity contribution in [3.8, 4) is 5.75 Å². The van der Waals surface area contributed by atoms with Crippen molar-refractivity contribution in [2.45, 2.75) is 19.9 Å². The number of benzene rings is 1. The average Bonchev–Trinajstić information content (AvgIpc) is 2.96. The fraction of sp³-hybridized carbons (Fsp3) is 0.353. The van der Waals surface area contributed by atoms with Crippen molar-refractivity contribution >= 4 is 33.2 Å². The van der Waals surface area contributed by atoms with Gasteiger partial charge in [0.25, 0.3) is 5.91 Å². The molecule has 1 heterocycles. The summed E-state index contributed by atoms with van der Waals surface area (Å²) in [7, 11) is 1.59. The maximum atomic E-state index is 12.2. The quantitative estimate of drug-likeness (QED) is 0.668. The van der Waals surface area contributed by atoms with E-state index in [4.69, 9.17) is 4.74 Å². The Morgan fingerprint density at radius 3 is 2.83 bits per heavy atom. The summed E-state index contributed by atoms with van der Waals surface area (Å²) in [6.45, 7) is 4.52. The van der Waals surface area contributed by atoms with Crippen LogP contribution in [-0.4, -0.2) is 26.1 Å². The number of nitrogens with one attached hydrogen (secondary N) is 2.